The van der Waals surface area contributed by atoms with Crippen LogP contribution >= 0.6 is 0 Å². The van der Waals surface area contributed by atoms with Gasteiger partial charge in [0.25, 0.3) is 5.91 Å². The molecule has 192 valence electrons. The molecule has 1 fully saturated rings. The maximum Gasteiger partial charge on any atom is 0.416 e. The van der Waals surface area contributed by atoms with Crippen LogP contribution in [-0.2, 0) is 31.2 Å². The van der Waals surface area contributed by atoms with Crippen molar-refractivity contribution in [3.8, 4) is 0 Å². The molecule has 1 aliphatic heterocycles. The van der Waals surface area contributed by atoms with E-state index in [0.717, 1.165) is 42.8 Å². The van der Waals surface area contributed by atoms with E-state index in [1.807, 2.05) is 4.68 Å². The predicted octanol–water partition coefficient (Wildman–Crippen LogP) is 4.10. The SMILES string of the molecule is CC(C)Cn1nc(C(=O)N(C)C)c2c1CCC(N1CCC(O)(c3cccc(C(F)(F)F)c3)CC1)C2. The van der Waals surface area contributed by atoms with Crippen LogP contribution in [0.5, 0.6) is 0 Å². The number of hydrogen-bond donors (Lipinski definition) is 1. The Labute approximate surface area is 204 Å². The number of hydrogen-bond acceptors (Lipinski definition) is 4. The molecule has 0 spiro atoms. The zero-order valence-corrected chi connectivity index (χ0v) is 20.9. The van der Waals surface area contributed by atoms with E-state index in [1.165, 1.54) is 6.07 Å². The van der Waals surface area contributed by atoms with Crippen molar-refractivity contribution in [3.05, 3.63) is 52.3 Å². The van der Waals surface area contributed by atoms with Crippen molar-refractivity contribution in [2.24, 2.45) is 5.92 Å². The number of aromatic nitrogens is 2. The number of fused-ring (bicyclic) bond motifs is 1. The molecule has 1 unspecified atom stereocenters. The van der Waals surface area contributed by atoms with Crippen molar-refractivity contribution in [1.82, 2.24) is 19.6 Å². The standard InChI is InChI=1S/C26H35F3N4O2/c1-17(2)16-33-22-9-8-20(15-21(22)23(30-33)24(34)31(3)4)32-12-10-25(35,11-13-32)18-6-5-7-19(14-18)26(27,28)29/h5-7,14,17,20,35H,8-13,15-16H2,1-4H3. The summed E-state index contributed by atoms with van der Waals surface area (Å²) in [5, 5.41) is 15.9. The van der Waals surface area contributed by atoms with E-state index in [4.69, 9.17) is 5.10 Å². The molecule has 1 atom stereocenters. The third kappa shape index (κ3) is 5.26. The molecule has 1 amide bonds. The fourth-order valence-electron chi connectivity index (χ4n) is 5.39. The van der Waals surface area contributed by atoms with Crippen molar-refractivity contribution in [2.45, 2.75) is 70.3 Å². The largest absolute Gasteiger partial charge is 0.416 e. The lowest BCUT2D eigenvalue weighted by Crippen LogP contribution is -2.48. The summed E-state index contributed by atoms with van der Waals surface area (Å²) in [6.07, 6.45) is -1.23. The van der Waals surface area contributed by atoms with E-state index in [-0.39, 0.29) is 11.9 Å². The Morgan fingerprint density at radius 2 is 1.94 bits per heavy atom. The smallest absolute Gasteiger partial charge is 0.385 e. The van der Waals surface area contributed by atoms with E-state index in [1.54, 1.807) is 25.1 Å². The Hall–Kier alpha value is -2.39. The van der Waals surface area contributed by atoms with E-state index in [2.05, 4.69) is 18.7 Å². The molecule has 1 saturated heterocycles. The van der Waals surface area contributed by atoms with E-state index in [9.17, 15) is 23.1 Å². The summed E-state index contributed by atoms with van der Waals surface area (Å²) in [4.78, 5) is 16.7. The molecule has 0 saturated carbocycles. The highest BCUT2D eigenvalue weighted by Gasteiger charge is 2.40. The Morgan fingerprint density at radius 1 is 1.26 bits per heavy atom. The summed E-state index contributed by atoms with van der Waals surface area (Å²) >= 11 is 0. The van der Waals surface area contributed by atoms with Crippen LogP contribution in [0.25, 0.3) is 0 Å². The average Bonchev–Trinajstić information content (AvgIpc) is 3.15. The second kappa shape index (κ2) is 9.58. The fourth-order valence-corrected chi connectivity index (χ4v) is 5.39. The Bertz CT molecular complexity index is 1070. The van der Waals surface area contributed by atoms with Crippen LogP contribution in [0.2, 0.25) is 0 Å². The molecule has 35 heavy (non-hydrogen) atoms. The highest BCUT2D eigenvalue weighted by molar-refractivity contribution is 5.93. The predicted molar refractivity (Wildman–Crippen MR) is 127 cm³/mol. The zero-order valence-electron chi connectivity index (χ0n) is 20.9. The lowest BCUT2D eigenvalue weighted by atomic mass is 9.82. The molecule has 6 nitrogen and oxygen atoms in total. The number of carbonyl (C=O) groups is 1. The molecule has 1 aromatic carbocycles. The van der Waals surface area contributed by atoms with Gasteiger partial charge in [0, 0.05) is 51.0 Å². The van der Waals surface area contributed by atoms with Crippen LogP contribution < -0.4 is 0 Å². The van der Waals surface area contributed by atoms with Crippen LogP contribution in [0.4, 0.5) is 13.2 Å². The first-order chi connectivity index (χ1) is 16.4. The molecule has 9 heteroatoms. The number of aliphatic hydroxyl groups is 1. The highest BCUT2D eigenvalue weighted by Crippen LogP contribution is 2.38. The van der Waals surface area contributed by atoms with Gasteiger partial charge >= 0.3 is 6.18 Å². The lowest BCUT2D eigenvalue weighted by Gasteiger charge is -2.43. The second-order valence-electron chi connectivity index (χ2n) is 10.6. The van der Waals surface area contributed by atoms with E-state index < -0.39 is 17.3 Å². The maximum absolute atomic E-state index is 13.2. The van der Waals surface area contributed by atoms with Crippen LogP contribution in [0, 0.1) is 5.92 Å². The van der Waals surface area contributed by atoms with Gasteiger partial charge in [-0.05, 0) is 55.7 Å². The first kappa shape index (κ1) is 25.7. The molecular formula is C26H35F3N4O2. The quantitative estimate of drug-likeness (QED) is 0.683. The third-order valence-electron chi connectivity index (χ3n) is 7.34. The minimum absolute atomic E-state index is 0.0954. The van der Waals surface area contributed by atoms with Gasteiger partial charge < -0.3 is 10.0 Å². The van der Waals surface area contributed by atoms with E-state index >= 15 is 0 Å². The normalized spacial score (nSPS) is 20.7. The zero-order chi connectivity index (χ0) is 25.5. The Kier molecular flexibility index (Phi) is 7.03. The molecule has 2 heterocycles. The Morgan fingerprint density at radius 3 is 2.54 bits per heavy atom. The number of rotatable bonds is 5. The molecule has 1 aliphatic carbocycles. The molecule has 1 aromatic heterocycles. The number of piperidine rings is 1. The summed E-state index contributed by atoms with van der Waals surface area (Å²) in [6.45, 7) is 6.20. The highest BCUT2D eigenvalue weighted by atomic mass is 19.4. The number of alkyl halides is 3. The van der Waals surface area contributed by atoms with Crippen LogP contribution in [-0.4, -0.2) is 63.8 Å². The van der Waals surface area contributed by atoms with Gasteiger partial charge in [-0.15, -0.1) is 0 Å². The van der Waals surface area contributed by atoms with Crippen molar-refractivity contribution in [3.63, 3.8) is 0 Å². The first-order valence-electron chi connectivity index (χ1n) is 12.3. The van der Waals surface area contributed by atoms with Gasteiger partial charge in [0.2, 0.25) is 0 Å². The molecule has 0 radical (unpaired) electrons. The summed E-state index contributed by atoms with van der Waals surface area (Å²) in [5.41, 5.74) is 0.991. The van der Waals surface area contributed by atoms with Crippen molar-refractivity contribution < 1.29 is 23.1 Å². The number of carbonyl (C=O) groups excluding carboxylic acids is 1. The minimum Gasteiger partial charge on any atom is -0.385 e. The first-order valence-corrected chi connectivity index (χ1v) is 12.3. The van der Waals surface area contributed by atoms with Gasteiger partial charge in [-0.1, -0.05) is 26.0 Å². The van der Waals surface area contributed by atoms with Crippen LogP contribution in [0.15, 0.2) is 24.3 Å². The van der Waals surface area contributed by atoms with Gasteiger partial charge in [-0.25, -0.2) is 0 Å². The number of nitrogens with zero attached hydrogens (tertiary/aromatic N) is 4. The summed E-state index contributed by atoms with van der Waals surface area (Å²) in [7, 11) is 3.46. The summed E-state index contributed by atoms with van der Waals surface area (Å²) in [5.74, 6) is 0.316. The van der Waals surface area contributed by atoms with Gasteiger partial charge in [0.1, 0.15) is 0 Å². The summed E-state index contributed by atoms with van der Waals surface area (Å²) < 4.78 is 41.5. The number of amides is 1. The van der Waals surface area contributed by atoms with Crippen molar-refractivity contribution in [2.75, 3.05) is 27.2 Å². The fraction of sp³-hybridized carbons (Fsp3) is 0.615. The monoisotopic (exact) mass is 492 g/mol. The van der Waals surface area contributed by atoms with Gasteiger partial charge in [-0.3, -0.25) is 14.4 Å². The van der Waals surface area contributed by atoms with Gasteiger partial charge in [0.05, 0.1) is 11.2 Å². The molecule has 2 aromatic rings. The topological polar surface area (TPSA) is 61.6 Å². The molecule has 0 bridgehead atoms. The van der Waals surface area contributed by atoms with Crippen molar-refractivity contribution >= 4 is 5.91 Å². The summed E-state index contributed by atoms with van der Waals surface area (Å²) in [6, 6.07) is 5.26. The molecule has 1 N–H and O–H groups in total. The van der Waals surface area contributed by atoms with Gasteiger partial charge in [-0.2, -0.15) is 18.3 Å². The van der Waals surface area contributed by atoms with Crippen molar-refractivity contribution in [1.29, 1.82) is 0 Å². The second-order valence-corrected chi connectivity index (χ2v) is 10.6. The molecule has 4 rings (SSSR count). The van der Waals surface area contributed by atoms with E-state index in [0.29, 0.717) is 49.5 Å². The molecular weight excluding hydrogens is 457 g/mol. The Balaban J connectivity index is 1.50. The number of halogens is 3. The number of likely N-dealkylation sites (tertiary alicyclic amines) is 1. The van der Waals surface area contributed by atoms with Gasteiger partial charge in [0.15, 0.2) is 5.69 Å². The number of benzene rings is 1. The maximum atomic E-state index is 13.2. The third-order valence-corrected chi connectivity index (χ3v) is 7.34. The lowest BCUT2D eigenvalue weighted by molar-refractivity contribution is -0.137. The average molecular weight is 493 g/mol. The minimum atomic E-state index is -4.44. The van der Waals surface area contributed by atoms with Crippen LogP contribution in [0.1, 0.15) is 66.0 Å². The molecule has 2 aliphatic rings. The van der Waals surface area contributed by atoms with Crippen LogP contribution in [0.3, 0.4) is 0 Å².